The molecule has 0 radical (unpaired) electrons. The Morgan fingerprint density at radius 2 is 1.87 bits per heavy atom. The Bertz CT molecular complexity index is 1290. The summed E-state index contributed by atoms with van der Waals surface area (Å²) in [6.45, 7) is 1.46. The van der Waals surface area contributed by atoms with Crippen molar-refractivity contribution in [3.8, 4) is 17.3 Å². The minimum Gasteiger partial charge on any atom is -0.507 e. The number of benzene rings is 2. The Labute approximate surface area is 173 Å². The van der Waals surface area contributed by atoms with Crippen LogP contribution in [-0.2, 0) is 6.54 Å². The van der Waals surface area contributed by atoms with E-state index in [4.69, 9.17) is 0 Å². The maximum atomic E-state index is 13.0. The number of aromatic hydroxyl groups is 1. The van der Waals surface area contributed by atoms with Crippen molar-refractivity contribution in [3.63, 3.8) is 0 Å². The van der Waals surface area contributed by atoms with Crippen molar-refractivity contribution < 1.29 is 14.8 Å². The fourth-order valence-corrected chi connectivity index (χ4v) is 3.39. The van der Waals surface area contributed by atoms with E-state index in [1.165, 1.54) is 11.0 Å². The number of ketones is 1. The summed E-state index contributed by atoms with van der Waals surface area (Å²) < 4.78 is 1.92. The molecule has 0 saturated heterocycles. The van der Waals surface area contributed by atoms with Crippen molar-refractivity contribution in [1.29, 1.82) is 0 Å². The number of H-pyrrole nitrogens is 1. The SMILES string of the molecule is C[NH+](C)CCn1cc(C(=O)c2ccccc2O)cc1-c1nc2ccccc2c(=O)[nH]1. The summed E-state index contributed by atoms with van der Waals surface area (Å²) in [5.74, 6) is 0.0593. The minimum absolute atomic E-state index is 0.0632. The number of nitrogens with zero attached hydrogens (tertiary/aromatic N) is 2. The van der Waals surface area contributed by atoms with Crippen LogP contribution in [-0.4, -0.2) is 46.1 Å². The molecule has 0 bridgehead atoms. The predicted molar refractivity (Wildman–Crippen MR) is 115 cm³/mol. The maximum absolute atomic E-state index is 13.0. The molecule has 0 fully saturated rings. The Morgan fingerprint density at radius 3 is 2.63 bits per heavy atom. The molecule has 0 aliphatic rings. The van der Waals surface area contributed by atoms with Gasteiger partial charge < -0.3 is 19.6 Å². The molecule has 30 heavy (non-hydrogen) atoms. The lowest BCUT2D eigenvalue weighted by Crippen LogP contribution is -3.06. The second kappa shape index (κ2) is 7.96. The van der Waals surface area contributed by atoms with Crippen LogP contribution in [0.3, 0.4) is 0 Å². The van der Waals surface area contributed by atoms with Gasteiger partial charge in [-0.2, -0.15) is 0 Å². The highest BCUT2D eigenvalue weighted by atomic mass is 16.3. The number of phenols is 1. The van der Waals surface area contributed by atoms with Gasteiger partial charge in [-0.3, -0.25) is 9.59 Å². The zero-order valence-corrected chi connectivity index (χ0v) is 16.8. The Morgan fingerprint density at radius 1 is 1.13 bits per heavy atom. The molecule has 0 spiro atoms. The van der Waals surface area contributed by atoms with Crippen molar-refractivity contribution in [2.24, 2.45) is 0 Å². The van der Waals surface area contributed by atoms with Crippen LogP contribution in [0.25, 0.3) is 22.4 Å². The first-order chi connectivity index (χ1) is 14.4. The number of hydrogen-bond donors (Lipinski definition) is 3. The number of phenolic OH excluding ortho intramolecular Hbond substituents is 1. The molecular weight excluding hydrogens is 380 g/mol. The summed E-state index contributed by atoms with van der Waals surface area (Å²) in [5, 5.41) is 10.6. The lowest BCUT2D eigenvalue weighted by atomic mass is 10.0. The lowest BCUT2D eigenvalue weighted by molar-refractivity contribution is -0.858. The van der Waals surface area contributed by atoms with Gasteiger partial charge in [-0.25, -0.2) is 4.98 Å². The molecule has 0 aliphatic carbocycles. The average Bonchev–Trinajstić information content (AvgIpc) is 3.16. The van der Waals surface area contributed by atoms with E-state index in [1.54, 1.807) is 48.7 Å². The van der Waals surface area contributed by atoms with Gasteiger partial charge >= 0.3 is 0 Å². The Balaban J connectivity index is 1.83. The summed E-state index contributed by atoms with van der Waals surface area (Å²) >= 11 is 0. The normalized spacial score (nSPS) is 11.3. The second-order valence-corrected chi connectivity index (χ2v) is 7.54. The van der Waals surface area contributed by atoms with Crippen LogP contribution in [0.2, 0.25) is 0 Å². The first-order valence-electron chi connectivity index (χ1n) is 9.75. The van der Waals surface area contributed by atoms with E-state index in [9.17, 15) is 14.7 Å². The van der Waals surface area contributed by atoms with Crippen molar-refractivity contribution >= 4 is 16.7 Å². The van der Waals surface area contributed by atoms with E-state index in [0.29, 0.717) is 34.5 Å². The fourth-order valence-electron chi connectivity index (χ4n) is 3.39. The van der Waals surface area contributed by atoms with E-state index in [-0.39, 0.29) is 22.7 Å². The molecule has 0 atom stereocenters. The van der Waals surface area contributed by atoms with Gasteiger partial charge in [0.05, 0.1) is 49.3 Å². The van der Waals surface area contributed by atoms with E-state index >= 15 is 0 Å². The minimum atomic E-state index is -0.284. The van der Waals surface area contributed by atoms with Crippen molar-refractivity contribution in [2.45, 2.75) is 6.54 Å². The first-order valence-corrected chi connectivity index (χ1v) is 9.75. The molecule has 3 N–H and O–H groups in total. The molecule has 4 rings (SSSR count). The monoisotopic (exact) mass is 403 g/mol. The molecule has 152 valence electrons. The molecule has 2 aromatic heterocycles. The third-order valence-electron chi connectivity index (χ3n) is 5.02. The molecule has 2 heterocycles. The summed E-state index contributed by atoms with van der Waals surface area (Å²) in [6.07, 6.45) is 1.75. The highest BCUT2D eigenvalue weighted by Gasteiger charge is 2.19. The standard InChI is InChI=1S/C23H22N4O3/c1-26(2)11-12-27-14-15(21(29)17-8-4-6-10-20(17)28)13-19(27)22-24-18-9-5-3-7-16(18)23(30)25-22/h3-10,13-14,28H,11-12H2,1-2H3,(H,24,25,30)/p+1. The summed E-state index contributed by atoms with van der Waals surface area (Å²) in [6, 6.07) is 15.3. The number of fused-ring (bicyclic) bond motifs is 1. The molecule has 0 amide bonds. The molecule has 2 aromatic carbocycles. The van der Waals surface area contributed by atoms with Crippen molar-refractivity contribution in [3.05, 3.63) is 82.3 Å². The first kappa shape index (κ1) is 19.6. The van der Waals surface area contributed by atoms with Gasteiger partial charge in [-0.15, -0.1) is 0 Å². The number of aromatic nitrogens is 3. The van der Waals surface area contributed by atoms with Crippen LogP contribution in [0.4, 0.5) is 0 Å². The van der Waals surface area contributed by atoms with Gasteiger partial charge in [0.25, 0.3) is 5.56 Å². The molecule has 0 unspecified atom stereocenters. The van der Waals surface area contributed by atoms with Crippen molar-refractivity contribution in [2.75, 3.05) is 20.6 Å². The highest BCUT2D eigenvalue weighted by Crippen LogP contribution is 2.25. The van der Waals surface area contributed by atoms with Crippen LogP contribution in [0.5, 0.6) is 5.75 Å². The third-order valence-corrected chi connectivity index (χ3v) is 5.02. The third kappa shape index (κ3) is 3.75. The van der Waals surface area contributed by atoms with Crippen LogP contribution < -0.4 is 10.5 Å². The molecule has 7 nitrogen and oxygen atoms in total. The number of carbonyl (C=O) groups is 1. The number of hydrogen-bond acceptors (Lipinski definition) is 4. The number of nitrogens with one attached hydrogen (secondary N) is 2. The number of aromatic amines is 1. The van der Waals surface area contributed by atoms with E-state index < -0.39 is 0 Å². The topological polar surface area (TPSA) is 92.4 Å². The van der Waals surface area contributed by atoms with Crippen LogP contribution in [0.1, 0.15) is 15.9 Å². The molecular formula is C23H23N4O3+. The lowest BCUT2D eigenvalue weighted by Gasteiger charge is -2.11. The van der Waals surface area contributed by atoms with Gasteiger partial charge in [0.2, 0.25) is 0 Å². The van der Waals surface area contributed by atoms with Gasteiger partial charge in [0.1, 0.15) is 5.75 Å². The number of likely N-dealkylation sites (N-methyl/N-ethyl adjacent to an activating group) is 1. The largest absolute Gasteiger partial charge is 0.507 e. The number of para-hydroxylation sites is 2. The zero-order valence-electron chi connectivity index (χ0n) is 16.8. The maximum Gasteiger partial charge on any atom is 0.259 e. The van der Waals surface area contributed by atoms with Crippen LogP contribution in [0, 0.1) is 0 Å². The average molecular weight is 403 g/mol. The Kier molecular flexibility index (Phi) is 5.20. The quantitative estimate of drug-likeness (QED) is 0.425. The van der Waals surface area contributed by atoms with E-state index in [2.05, 4.69) is 9.97 Å². The molecule has 0 aliphatic heterocycles. The summed E-state index contributed by atoms with van der Waals surface area (Å²) in [5.41, 5.74) is 1.68. The van der Waals surface area contributed by atoms with E-state index in [1.807, 2.05) is 24.7 Å². The fraction of sp³-hybridized carbons (Fsp3) is 0.174. The zero-order chi connectivity index (χ0) is 21.3. The Hall–Kier alpha value is -3.71. The number of rotatable bonds is 6. The van der Waals surface area contributed by atoms with Gasteiger partial charge in [-0.05, 0) is 30.3 Å². The molecule has 7 heteroatoms. The number of carbonyl (C=O) groups excluding carboxylic acids is 1. The smallest absolute Gasteiger partial charge is 0.259 e. The molecule has 0 saturated carbocycles. The summed E-state index contributed by atoms with van der Waals surface area (Å²) in [4.78, 5) is 34.3. The van der Waals surface area contributed by atoms with Gasteiger partial charge in [0, 0.05) is 11.8 Å². The van der Waals surface area contributed by atoms with E-state index in [0.717, 1.165) is 6.54 Å². The van der Waals surface area contributed by atoms with Crippen molar-refractivity contribution in [1.82, 2.24) is 14.5 Å². The van der Waals surface area contributed by atoms with Gasteiger partial charge in [-0.1, -0.05) is 24.3 Å². The molecule has 4 aromatic rings. The highest BCUT2D eigenvalue weighted by molar-refractivity contribution is 6.11. The number of quaternary nitrogens is 1. The predicted octanol–water partition coefficient (Wildman–Crippen LogP) is 1.47. The second-order valence-electron chi connectivity index (χ2n) is 7.54. The summed E-state index contributed by atoms with van der Waals surface area (Å²) in [7, 11) is 4.10. The van der Waals surface area contributed by atoms with Crippen LogP contribution >= 0.6 is 0 Å². The van der Waals surface area contributed by atoms with Crippen LogP contribution in [0.15, 0.2) is 65.6 Å². The van der Waals surface area contributed by atoms with Gasteiger partial charge in [0.15, 0.2) is 11.6 Å².